The highest BCUT2D eigenvalue weighted by Gasteiger charge is 2.35. The third-order valence-electron chi connectivity index (χ3n) is 9.77. The second kappa shape index (κ2) is 11.7. The van der Waals surface area contributed by atoms with Crippen LogP contribution in [0.1, 0.15) is 31.9 Å². The van der Waals surface area contributed by atoms with Crippen molar-refractivity contribution in [2.75, 3.05) is 4.90 Å². The molecular formula is C45H37N3. The zero-order valence-corrected chi connectivity index (χ0v) is 27.6. The molecule has 0 unspecified atom stereocenters. The molecule has 5 aromatic carbocycles. The minimum absolute atomic E-state index is 0.0834. The van der Waals surface area contributed by atoms with Gasteiger partial charge in [-0.05, 0) is 101 Å². The van der Waals surface area contributed by atoms with E-state index in [1.54, 1.807) is 6.08 Å². The number of allylic oxidation sites excluding steroid dienone is 5. The fourth-order valence-corrected chi connectivity index (χ4v) is 7.41. The van der Waals surface area contributed by atoms with E-state index < -0.39 is 0 Å². The van der Waals surface area contributed by atoms with Gasteiger partial charge in [-0.25, -0.2) is 4.98 Å². The van der Waals surface area contributed by atoms with Crippen LogP contribution in [0.5, 0.6) is 0 Å². The molecule has 3 heteroatoms. The van der Waals surface area contributed by atoms with Crippen molar-refractivity contribution in [3.63, 3.8) is 0 Å². The fraction of sp³-hybridized carbons (Fsp3) is 0.0889. The number of hydrogen-bond donors (Lipinski definition) is 0. The Morgan fingerprint density at radius 3 is 2.19 bits per heavy atom. The number of anilines is 3. The van der Waals surface area contributed by atoms with Crippen molar-refractivity contribution in [1.29, 1.82) is 0 Å². The average Bonchev–Trinajstić information content (AvgIpc) is 3.57. The van der Waals surface area contributed by atoms with Gasteiger partial charge >= 0.3 is 0 Å². The van der Waals surface area contributed by atoms with Crippen LogP contribution in [-0.4, -0.2) is 9.55 Å². The maximum absolute atomic E-state index is 4.79. The molecule has 0 saturated carbocycles. The fourth-order valence-electron chi connectivity index (χ4n) is 7.41. The van der Waals surface area contributed by atoms with Crippen molar-refractivity contribution in [2.24, 2.45) is 0 Å². The highest BCUT2D eigenvalue weighted by molar-refractivity contribution is 6.11. The van der Waals surface area contributed by atoms with Crippen molar-refractivity contribution in [2.45, 2.75) is 26.2 Å². The summed E-state index contributed by atoms with van der Waals surface area (Å²) in [5, 5.41) is 2.49. The van der Waals surface area contributed by atoms with Crippen molar-refractivity contribution >= 4 is 44.7 Å². The van der Waals surface area contributed by atoms with Gasteiger partial charge in [0.25, 0.3) is 0 Å². The molecule has 0 atom stereocenters. The van der Waals surface area contributed by atoms with Gasteiger partial charge in [-0.3, -0.25) is 4.90 Å². The maximum atomic E-state index is 4.79. The molecule has 0 N–H and O–H groups in total. The van der Waals surface area contributed by atoms with Crippen LogP contribution in [0.4, 0.5) is 17.2 Å². The largest absolute Gasteiger partial charge is 0.313 e. The van der Waals surface area contributed by atoms with Crippen LogP contribution < -0.4 is 4.90 Å². The molecule has 0 saturated heterocycles. The summed E-state index contributed by atoms with van der Waals surface area (Å²) < 4.78 is 2.34. The minimum atomic E-state index is -0.0834. The third kappa shape index (κ3) is 4.78. The van der Waals surface area contributed by atoms with Gasteiger partial charge in [-0.1, -0.05) is 111 Å². The second-order valence-electron chi connectivity index (χ2n) is 13.0. The van der Waals surface area contributed by atoms with Gasteiger partial charge in [0, 0.05) is 39.5 Å². The molecule has 2 aromatic heterocycles. The molecule has 0 bridgehead atoms. The van der Waals surface area contributed by atoms with E-state index in [0.717, 1.165) is 22.9 Å². The Morgan fingerprint density at radius 2 is 1.38 bits per heavy atom. The van der Waals surface area contributed by atoms with Gasteiger partial charge in [0.1, 0.15) is 5.82 Å². The lowest BCUT2D eigenvalue weighted by Crippen LogP contribution is -2.16. The molecule has 0 radical (unpaired) electrons. The number of benzene rings is 5. The number of pyridine rings is 1. The number of rotatable bonds is 7. The molecule has 0 amide bonds. The Labute approximate surface area is 282 Å². The van der Waals surface area contributed by atoms with E-state index in [0.29, 0.717) is 0 Å². The van der Waals surface area contributed by atoms with Crippen LogP contribution >= 0.6 is 0 Å². The highest BCUT2D eigenvalue weighted by atomic mass is 15.2. The molecule has 0 aliphatic heterocycles. The Morgan fingerprint density at radius 1 is 0.667 bits per heavy atom. The van der Waals surface area contributed by atoms with E-state index in [1.807, 2.05) is 24.4 Å². The normalized spacial score (nSPS) is 13.6. The minimum Gasteiger partial charge on any atom is -0.313 e. The highest BCUT2D eigenvalue weighted by Crippen LogP contribution is 2.50. The molecule has 0 spiro atoms. The predicted octanol–water partition coefficient (Wildman–Crippen LogP) is 12.2. The molecule has 7 aromatic rings. The lowest BCUT2D eigenvalue weighted by atomic mass is 9.82. The quantitative estimate of drug-likeness (QED) is 0.166. The molecule has 232 valence electrons. The van der Waals surface area contributed by atoms with Crippen LogP contribution in [0.2, 0.25) is 0 Å². The lowest BCUT2D eigenvalue weighted by Gasteiger charge is -2.27. The first-order valence-electron chi connectivity index (χ1n) is 16.5. The Balaban J connectivity index is 1.20. The van der Waals surface area contributed by atoms with E-state index in [-0.39, 0.29) is 5.41 Å². The molecular weight excluding hydrogens is 583 g/mol. The summed E-state index contributed by atoms with van der Waals surface area (Å²) in [5.74, 6) is 0.888. The van der Waals surface area contributed by atoms with Crippen molar-refractivity contribution in [3.05, 3.63) is 176 Å². The maximum Gasteiger partial charge on any atom is 0.137 e. The van der Waals surface area contributed by atoms with Crippen molar-refractivity contribution in [3.8, 4) is 22.3 Å². The number of nitrogens with zero attached hydrogens (tertiary/aromatic N) is 3. The molecule has 1 aliphatic rings. The van der Waals surface area contributed by atoms with Gasteiger partial charge in [0.15, 0.2) is 0 Å². The third-order valence-corrected chi connectivity index (χ3v) is 9.77. The summed E-state index contributed by atoms with van der Waals surface area (Å²) in [4.78, 5) is 7.05. The second-order valence-corrected chi connectivity index (χ2v) is 13.0. The molecule has 8 rings (SSSR count). The predicted molar refractivity (Wildman–Crippen MR) is 204 cm³/mol. The zero-order chi connectivity index (χ0) is 32.8. The zero-order valence-electron chi connectivity index (χ0n) is 27.6. The SMILES string of the molecule is C=C/C=C\C=C(/C)n1c2ccccc2c2cc(-c3ccc(N(c4ccc5c(c4)C(C)(C)c4ccccc4-5)c4ccccn4)cc3)ccc21. The van der Waals surface area contributed by atoms with Crippen LogP contribution in [0.15, 0.2) is 164 Å². The van der Waals surface area contributed by atoms with E-state index in [4.69, 9.17) is 4.98 Å². The smallest absolute Gasteiger partial charge is 0.137 e. The van der Waals surface area contributed by atoms with Gasteiger partial charge < -0.3 is 4.57 Å². The monoisotopic (exact) mass is 619 g/mol. The molecule has 2 heterocycles. The molecule has 1 aliphatic carbocycles. The van der Waals surface area contributed by atoms with Crippen LogP contribution in [0.25, 0.3) is 49.8 Å². The van der Waals surface area contributed by atoms with Gasteiger partial charge in [-0.2, -0.15) is 0 Å². The average molecular weight is 620 g/mol. The molecule has 3 nitrogen and oxygen atoms in total. The number of hydrogen-bond acceptors (Lipinski definition) is 2. The summed E-state index contributed by atoms with van der Waals surface area (Å²) >= 11 is 0. The van der Waals surface area contributed by atoms with Crippen LogP contribution in [0.3, 0.4) is 0 Å². The van der Waals surface area contributed by atoms with Crippen molar-refractivity contribution in [1.82, 2.24) is 9.55 Å². The lowest BCUT2D eigenvalue weighted by molar-refractivity contribution is 0.660. The van der Waals surface area contributed by atoms with Gasteiger partial charge in [0.05, 0.1) is 11.0 Å². The Hall–Kier alpha value is -5.93. The Kier molecular flexibility index (Phi) is 7.18. The first-order chi connectivity index (χ1) is 23.5. The number of aromatic nitrogens is 2. The standard InChI is InChI=1S/C45H37N3/c1-5-6-7-14-31(2)47-42-18-11-9-16-38(42)39-29-33(22-27-43(39)47)32-20-23-34(24-21-32)48(44-19-12-13-28-46-44)35-25-26-37-36-15-8-10-17-40(36)45(3,4)41(37)30-35/h5-30H,1H2,2-4H3/b7-6-,31-14+. The Bertz CT molecular complexity index is 2390. The van der Waals surface area contributed by atoms with Crippen LogP contribution in [0, 0.1) is 0 Å². The molecule has 48 heavy (non-hydrogen) atoms. The van der Waals surface area contributed by atoms with E-state index >= 15 is 0 Å². The van der Waals surface area contributed by atoms with E-state index in [9.17, 15) is 0 Å². The van der Waals surface area contributed by atoms with Crippen LogP contribution in [-0.2, 0) is 5.41 Å². The first-order valence-corrected chi connectivity index (χ1v) is 16.5. The summed E-state index contributed by atoms with van der Waals surface area (Å²) in [6, 6.07) is 46.1. The number of fused-ring (bicyclic) bond motifs is 6. The first kappa shape index (κ1) is 29.5. The number of para-hydroxylation sites is 1. The van der Waals surface area contributed by atoms with Crippen molar-refractivity contribution < 1.29 is 0 Å². The molecule has 0 fully saturated rings. The van der Waals surface area contributed by atoms with E-state index in [2.05, 4.69) is 164 Å². The van der Waals surface area contributed by atoms with Gasteiger partial charge in [0.2, 0.25) is 0 Å². The summed E-state index contributed by atoms with van der Waals surface area (Å²) in [6.07, 6.45) is 9.79. The van der Waals surface area contributed by atoms with Gasteiger partial charge in [-0.15, -0.1) is 0 Å². The summed E-state index contributed by atoms with van der Waals surface area (Å²) in [5.41, 5.74) is 13.3. The summed E-state index contributed by atoms with van der Waals surface area (Å²) in [7, 11) is 0. The van der Waals surface area contributed by atoms with E-state index in [1.165, 1.54) is 55.2 Å². The topological polar surface area (TPSA) is 21.1 Å². The summed E-state index contributed by atoms with van der Waals surface area (Å²) in [6.45, 7) is 10.6.